The molecule has 0 aliphatic heterocycles. The van der Waals surface area contributed by atoms with Gasteiger partial charge in [0.25, 0.3) is 0 Å². The van der Waals surface area contributed by atoms with Gasteiger partial charge in [-0.1, -0.05) is 27.7 Å². The molecule has 1 N–H and O–H groups in total. The number of carbonyl (C=O) groups excluding carboxylic acids is 1. The number of carbonyl (C=O) groups is 1. The summed E-state index contributed by atoms with van der Waals surface area (Å²) in [4.78, 5) is 17.1. The summed E-state index contributed by atoms with van der Waals surface area (Å²) < 4.78 is 13.5. The molecule has 1 unspecified atom stereocenters. The first-order valence-electron chi connectivity index (χ1n) is 8.50. The second kappa shape index (κ2) is 9.16. The van der Waals surface area contributed by atoms with E-state index < -0.39 is 0 Å². The summed E-state index contributed by atoms with van der Waals surface area (Å²) in [6.07, 6.45) is 3.60. The Labute approximate surface area is 176 Å². The van der Waals surface area contributed by atoms with Gasteiger partial charge in [-0.05, 0) is 43.3 Å². The third-order valence-corrected chi connectivity index (χ3v) is 5.64. The minimum Gasteiger partial charge on any atom is -0.497 e. The lowest BCUT2D eigenvalue weighted by atomic mass is 10.2. The van der Waals surface area contributed by atoms with Crippen molar-refractivity contribution in [1.29, 1.82) is 0 Å². The first kappa shape index (κ1) is 20.3. The fraction of sp³-hybridized carbons (Fsp3) is 0.200. The standard InChI is InChI=1S/C20H20BrN3O3S/c1-13(19(25)23-17-12-16(26-2)8-9-18(17)27-3)28-20-22-10-11-24(20)15-6-4-14(21)5-7-15/h4-13H,1-3H3,(H,23,25). The largest absolute Gasteiger partial charge is 0.497 e. The van der Waals surface area contributed by atoms with Crippen LogP contribution in [0.4, 0.5) is 5.69 Å². The van der Waals surface area contributed by atoms with Gasteiger partial charge in [0.1, 0.15) is 11.5 Å². The Bertz CT molecular complexity index is 960. The van der Waals surface area contributed by atoms with Gasteiger partial charge < -0.3 is 14.8 Å². The fourth-order valence-corrected chi connectivity index (χ4v) is 3.68. The van der Waals surface area contributed by atoms with Crippen LogP contribution in [-0.2, 0) is 4.79 Å². The molecule has 1 aromatic heterocycles. The molecule has 3 rings (SSSR count). The number of methoxy groups -OCH3 is 2. The second-order valence-electron chi connectivity index (χ2n) is 5.87. The molecule has 0 bridgehead atoms. The number of thioether (sulfide) groups is 1. The zero-order valence-electron chi connectivity index (χ0n) is 15.7. The van der Waals surface area contributed by atoms with Gasteiger partial charge in [0.05, 0.1) is 25.2 Å². The molecule has 0 fully saturated rings. The Balaban J connectivity index is 1.74. The number of nitrogens with one attached hydrogen (secondary N) is 1. The van der Waals surface area contributed by atoms with Gasteiger partial charge in [-0.15, -0.1) is 0 Å². The van der Waals surface area contributed by atoms with E-state index in [0.717, 1.165) is 15.3 Å². The van der Waals surface area contributed by atoms with E-state index in [1.165, 1.54) is 11.8 Å². The number of aromatic nitrogens is 2. The minimum atomic E-state index is -0.368. The number of anilines is 1. The number of amides is 1. The second-order valence-corrected chi connectivity index (χ2v) is 8.10. The van der Waals surface area contributed by atoms with Crippen LogP contribution in [-0.4, -0.2) is 34.9 Å². The monoisotopic (exact) mass is 461 g/mol. The number of nitrogens with zero attached hydrogens (tertiary/aromatic N) is 2. The van der Waals surface area contributed by atoms with Gasteiger partial charge in [0.2, 0.25) is 5.91 Å². The van der Waals surface area contributed by atoms with Crippen LogP contribution in [0.2, 0.25) is 0 Å². The number of imidazole rings is 1. The lowest BCUT2D eigenvalue weighted by Gasteiger charge is -2.15. The van der Waals surface area contributed by atoms with Crippen molar-refractivity contribution in [3.63, 3.8) is 0 Å². The van der Waals surface area contributed by atoms with E-state index >= 15 is 0 Å². The first-order chi connectivity index (χ1) is 13.5. The number of hydrogen-bond acceptors (Lipinski definition) is 5. The van der Waals surface area contributed by atoms with Crippen molar-refractivity contribution in [3.8, 4) is 17.2 Å². The van der Waals surface area contributed by atoms with Gasteiger partial charge >= 0.3 is 0 Å². The quantitative estimate of drug-likeness (QED) is 0.513. The van der Waals surface area contributed by atoms with Crippen LogP contribution in [0.15, 0.2) is 64.5 Å². The SMILES string of the molecule is COc1ccc(OC)c(NC(=O)C(C)Sc2nccn2-c2ccc(Br)cc2)c1. The van der Waals surface area contributed by atoms with Gasteiger partial charge in [0.15, 0.2) is 5.16 Å². The number of halogens is 1. The highest BCUT2D eigenvalue weighted by atomic mass is 79.9. The topological polar surface area (TPSA) is 65.4 Å². The van der Waals surface area contributed by atoms with Crippen molar-refractivity contribution in [2.75, 3.05) is 19.5 Å². The molecular formula is C20H20BrN3O3S. The summed E-state index contributed by atoms with van der Waals surface area (Å²) in [6.45, 7) is 1.84. The van der Waals surface area contributed by atoms with E-state index in [1.54, 1.807) is 38.6 Å². The molecule has 1 heterocycles. The molecule has 8 heteroatoms. The van der Waals surface area contributed by atoms with Crippen molar-refractivity contribution in [3.05, 3.63) is 59.3 Å². The molecule has 146 valence electrons. The summed E-state index contributed by atoms with van der Waals surface area (Å²) in [7, 11) is 3.14. The third kappa shape index (κ3) is 4.69. The van der Waals surface area contributed by atoms with Crippen molar-refractivity contribution < 1.29 is 14.3 Å². The molecule has 0 saturated heterocycles. The molecule has 3 aromatic rings. The minimum absolute atomic E-state index is 0.151. The maximum absolute atomic E-state index is 12.7. The van der Waals surface area contributed by atoms with Crippen LogP contribution in [0.25, 0.3) is 5.69 Å². The van der Waals surface area contributed by atoms with Crippen molar-refractivity contribution in [1.82, 2.24) is 9.55 Å². The predicted molar refractivity (Wildman–Crippen MR) is 115 cm³/mol. The highest BCUT2D eigenvalue weighted by Gasteiger charge is 2.19. The van der Waals surface area contributed by atoms with Gasteiger partial charge in [-0.25, -0.2) is 4.98 Å². The van der Waals surface area contributed by atoms with Crippen LogP contribution in [0, 0.1) is 0 Å². The third-order valence-electron chi connectivity index (χ3n) is 4.03. The van der Waals surface area contributed by atoms with E-state index in [2.05, 4.69) is 26.2 Å². The zero-order valence-corrected chi connectivity index (χ0v) is 18.1. The normalized spacial score (nSPS) is 11.7. The van der Waals surface area contributed by atoms with Crippen LogP contribution < -0.4 is 14.8 Å². The van der Waals surface area contributed by atoms with Gasteiger partial charge in [0, 0.05) is 28.6 Å². The summed E-state index contributed by atoms with van der Waals surface area (Å²) in [5, 5.41) is 3.28. The summed E-state index contributed by atoms with van der Waals surface area (Å²) >= 11 is 4.82. The number of ether oxygens (including phenoxy) is 2. The van der Waals surface area contributed by atoms with Gasteiger partial charge in [-0.3, -0.25) is 9.36 Å². The highest BCUT2D eigenvalue weighted by molar-refractivity contribution is 9.10. The molecule has 0 radical (unpaired) electrons. The molecule has 0 saturated carbocycles. The molecule has 1 amide bonds. The Hall–Kier alpha value is -2.45. The maximum Gasteiger partial charge on any atom is 0.237 e. The van der Waals surface area contributed by atoms with E-state index in [4.69, 9.17) is 9.47 Å². The average molecular weight is 462 g/mol. The molecule has 28 heavy (non-hydrogen) atoms. The summed E-state index contributed by atoms with van der Waals surface area (Å²) in [5.41, 5.74) is 1.54. The highest BCUT2D eigenvalue weighted by Crippen LogP contribution is 2.31. The van der Waals surface area contributed by atoms with Crippen LogP contribution in [0.3, 0.4) is 0 Å². The Kier molecular flexibility index (Phi) is 6.64. The first-order valence-corrected chi connectivity index (χ1v) is 10.2. The lowest BCUT2D eigenvalue weighted by molar-refractivity contribution is -0.115. The number of rotatable bonds is 7. The zero-order chi connectivity index (χ0) is 20.1. The molecule has 0 spiro atoms. The Morgan fingerprint density at radius 3 is 2.61 bits per heavy atom. The van der Waals surface area contributed by atoms with Crippen LogP contribution in [0.5, 0.6) is 11.5 Å². The average Bonchev–Trinajstić information content (AvgIpc) is 3.16. The van der Waals surface area contributed by atoms with Crippen LogP contribution >= 0.6 is 27.7 Å². The molecule has 1 atom stereocenters. The molecular weight excluding hydrogens is 442 g/mol. The number of hydrogen-bond donors (Lipinski definition) is 1. The van der Waals surface area contributed by atoms with E-state index in [9.17, 15) is 4.79 Å². The van der Waals surface area contributed by atoms with E-state index in [-0.39, 0.29) is 11.2 Å². The lowest BCUT2D eigenvalue weighted by Crippen LogP contribution is -2.23. The van der Waals surface area contributed by atoms with Crippen molar-refractivity contribution in [2.24, 2.45) is 0 Å². The van der Waals surface area contributed by atoms with E-state index in [0.29, 0.717) is 17.2 Å². The smallest absolute Gasteiger partial charge is 0.237 e. The Morgan fingerprint density at radius 1 is 1.18 bits per heavy atom. The molecule has 0 aliphatic carbocycles. The van der Waals surface area contributed by atoms with Crippen molar-refractivity contribution in [2.45, 2.75) is 17.3 Å². The van der Waals surface area contributed by atoms with Gasteiger partial charge in [-0.2, -0.15) is 0 Å². The van der Waals surface area contributed by atoms with E-state index in [1.807, 2.05) is 42.0 Å². The molecule has 0 aliphatic rings. The predicted octanol–water partition coefficient (Wildman–Crippen LogP) is 4.77. The number of benzene rings is 2. The maximum atomic E-state index is 12.7. The Morgan fingerprint density at radius 2 is 1.93 bits per heavy atom. The fourth-order valence-electron chi connectivity index (χ4n) is 2.53. The van der Waals surface area contributed by atoms with Crippen molar-refractivity contribution >= 4 is 39.3 Å². The molecule has 2 aromatic carbocycles. The summed E-state index contributed by atoms with van der Waals surface area (Å²) in [5.74, 6) is 1.06. The van der Waals surface area contributed by atoms with Crippen LogP contribution in [0.1, 0.15) is 6.92 Å². The molecule has 6 nitrogen and oxygen atoms in total. The summed E-state index contributed by atoms with van der Waals surface area (Å²) in [6, 6.07) is 13.2.